The van der Waals surface area contributed by atoms with Crippen LogP contribution < -0.4 is 19.1 Å². The van der Waals surface area contributed by atoms with Crippen LogP contribution in [0.15, 0.2) is 42.5 Å². The quantitative estimate of drug-likeness (QED) is 0.674. The zero-order valence-corrected chi connectivity index (χ0v) is 15.4. The first-order chi connectivity index (χ1) is 13.4. The van der Waals surface area contributed by atoms with Crippen LogP contribution >= 0.6 is 0 Å². The molecule has 1 saturated heterocycles. The number of hydrogen-bond donors (Lipinski definition) is 0. The number of amides is 1. The van der Waals surface area contributed by atoms with Crippen LogP contribution in [0, 0.1) is 0 Å². The van der Waals surface area contributed by atoms with Crippen molar-refractivity contribution in [2.75, 3.05) is 18.6 Å². The van der Waals surface area contributed by atoms with E-state index >= 15 is 0 Å². The molecule has 0 N–H and O–H groups in total. The molecule has 1 aliphatic rings. The average Bonchev–Trinajstić information content (AvgIpc) is 3.01. The minimum Gasteiger partial charge on any atom is -0.497 e. The number of halogens is 2. The summed E-state index contributed by atoms with van der Waals surface area (Å²) < 4.78 is 40.8. The van der Waals surface area contributed by atoms with E-state index in [9.17, 15) is 18.4 Å². The van der Waals surface area contributed by atoms with Gasteiger partial charge in [0.2, 0.25) is 0 Å². The lowest BCUT2D eigenvalue weighted by Crippen LogP contribution is -2.32. The third-order valence-corrected chi connectivity index (χ3v) is 4.37. The van der Waals surface area contributed by atoms with Gasteiger partial charge in [0.25, 0.3) is 5.91 Å². The SMILES string of the molecule is COc1ccc(C(C)=O)c(O[C@H]2CCN(c3ccccc3OC(F)F)C2=O)c1. The highest BCUT2D eigenvalue weighted by molar-refractivity contribution is 6.01. The van der Waals surface area contributed by atoms with Gasteiger partial charge in [0.05, 0.1) is 18.4 Å². The molecular weight excluding hydrogens is 372 g/mol. The van der Waals surface area contributed by atoms with Crippen molar-refractivity contribution in [3.63, 3.8) is 0 Å². The highest BCUT2D eigenvalue weighted by Crippen LogP contribution is 2.34. The number of benzene rings is 2. The number of hydrogen-bond acceptors (Lipinski definition) is 5. The number of Topliss-reactive ketones (excluding diaryl/α,β-unsaturated/α-hetero) is 1. The molecule has 3 rings (SSSR count). The van der Waals surface area contributed by atoms with Gasteiger partial charge in [-0.05, 0) is 31.2 Å². The van der Waals surface area contributed by atoms with Crippen molar-refractivity contribution in [1.82, 2.24) is 0 Å². The molecule has 2 aromatic carbocycles. The lowest BCUT2D eigenvalue weighted by Gasteiger charge is -2.20. The maximum Gasteiger partial charge on any atom is 0.387 e. The smallest absolute Gasteiger partial charge is 0.387 e. The van der Waals surface area contributed by atoms with Crippen LogP contribution in [0.2, 0.25) is 0 Å². The number of carbonyl (C=O) groups excluding carboxylic acids is 2. The first-order valence-corrected chi connectivity index (χ1v) is 8.61. The number of ether oxygens (including phenoxy) is 3. The molecule has 0 aromatic heterocycles. The summed E-state index contributed by atoms with van der Waals surface area (Å²) >= 11 is 0. The number of nitrogens with zero attached hydrogens (tertiary/aromatic N) is 1. The Balaban J connectivity index is 1.84. The molecule has 28 heavy (non-hydrogen) atoms. The second kappa shape index (κ2) is 8.24. The van der Waals surface area contributed by atoms with Crippen molar-refractivity contribution in [3.8, 4) is 17.2 Å². The van der Waals surface area contributed by atoms with Gasteiger partial charge < -0.3 is 19.1 Å². The first kappa shape index (κ1) is 19.6. The second-order valence-corrected chi connectivity index (χ2v) is 6.15. The highest BCUT2D eigenvalue weighted by atomic mass is 19.3. The molecule has 0 bridgehead atoms. The number of ketones is 1. The Bertz CT molecular complexity index is 887. The molecule has 0 unspecified atom stereocenters. The summed E-state index contributed by atoms with van der Waals surface area (Å²) in [5.41, 5.74) is 0.574. The summed E-state index contributed by atoms with van der Waals surface area (Å²) in [7, 11) is 1.48. The minimum absolute atomic E-state index is 0.0858. The summed E-state index contributed by atoms with van der Waals surface area (Å²) in [6.45, 7) is -1.33. The number of alkyl halides is 2. The average molecular weight is 391 g/mol. The zero-order valence-electron chi connectivity index (χ0n) is 15.4. The van der Waals surface area contributed by atoms with Crippen LogP contribution in [0.4, 0.5) is 14.5 Å². The Morgan fingerprint density at radius 3 is 2.61 bits per heavy atom. The largest absolute Gasteiger partial charge is 0.497 e. The van der Waals surface area contributed by atoms with Gasteiger partial charge >= 0.3 is 6.61 Å². The maximum absolute atomic E-state index is 12.8. The Morgan fingerprint density at radius 1 is 1.18 bits per heavy atom. The lowest BCUT2D eigenvalue weighted by molar-refractivity contribution is -0.123. The normalized spacial score (nSPS) is 16.4. The molecule has 1 fully saturated rings. The van der Waals surface area contributed by atoms with E-state index in [2.05, 4.69) is 4.74 Å². The standard InChI is InChI=1S/C20H19F2NO5/c1-12(24)14-8-7-13(26-2)11-18(14)27-17-9-10-23(19(17)25)15-5-3-4-6-16(15)28-20(21)22/h3-8,11,17,20H,9-10H2,1-2H3/t17-/m0/s1. The van der Waals surface area contributed by atoms with Crippen LogP contribution in [-0.2, 0) is 4.79 Å². The van der Waals surface area contributed by atoms with Crippen LogP contribution in [0.3, 0.4) is 0 Å². The fourth-order valence-corrected chi connectivity index (χ4v) is 3.05. The van der Waals surface area contributed by atoms with Crippen molar-refractivity contribution in [2.45, 2.75) is 26.1 Å². The Hall–Kier alpha value is -3.16. The molecule has 6 nitrogen and oxygen atoms in total. The van der Waals surface area contributed by atoms with Gasteiger partial charge in [-0.3, -0.25) is 9.59 Å². The third-order valence-electron chi connectivity index (χ3n) is 4.37. The van der Waals surface area contributed by atoms with Crippen LogP contribution in [0.25, 0.3) is 0 Å². The van der Waals surface area contributed by atoms with E-state index in [1.54, 1.807) is 30.3 Å². The molecule has 1 amide bonds. The van der Waals surface area contributed by atoms with E-state index in [1.165, 1.54) is 31.1 Å². The summed E-state index contributed by atoms with van der Waals surface area (Å²) in [4.78, 5) is 26.0. The van der Waals surface area contributed by atoms with Crippen LogP contribution in [-0.4, -0.2) is 38.1 Å². The van der Waals surface area contributed by atoms with E-state index in [0.29, 0.717) is 17.7 Å². The first-order valence-electron chi connectivity index (χ1n) is 8.61. The molecule has 0 spiro atoms. The number of methoxy groups -OCH3 is 1. The van der Waals surface area contributed by atoms with Gasteiger partial charge in [-0.1, -0.05) is 12.1 Å². The second-order valence-electron chi connectivity index (χ2n) is 6.15. The van der Waals surface area contributed by atoms with Gasteiger partial charge in [-0.2, -0.15) is 8.78 Å². The molecule has 8 heteroatoms. The Morgan fingerprint density at radius 2 is 1.93 bits per heavy atom. The van der Waals surface area contributed by atoms with Crippen LogP contribution in [0.1, 0.15) is 23.7 Å². The van der Waals surface area contributed by atoms with Gasteiger partial charge in [-0.25, -0.2) is 0 Å². The van der Waals surface area contributed by atoms with Crippen molar-refractivity contribution in [2.24, 2.45) is 0 Å². The zero-order chi connectivity index (χ0) is 20.3. The minimum atomic E-state index is -3.00. The van der Waals surface area contributed by atoms with Gasteiger partial charge in [-0.15, -0.1) is 0 Å². The van der Waals surface area contributed by atoms with E-state index < -0.39 is 18.6 Å². The molecule has 1 heterocycles. The molecule has 0 aliphatic carbocycles. The highest BCUT2D eigenvalue weighted by Gasteiger charge is 2.36. The fourth-order valence-electron chi connectivity index (χ4n) is 3.05. The summed E-state index contributed by atoms with van der Waals surface area (Å²) in [5.74, 6) is 0.0257. The molecule has 1 atom stereocenters. The Labute approximate surface area is 160 Å². The molecule has 148 valence electrons. The summed E-state index contributed by atoms with van der Waals surface area (Å²) in [6, 6.07) is 10.8. The number of carbonyl (C=O) groups is 2. The number of anilines is 1. The summed E-state index contributed by atoms with van der Waals surface area (Å²) in [6.07, 6.45) is -0.527. The van der Waals surface area contributed by atoms with Crippen molar-refractivity contribution in [1.29, 1.82) is 0 Å². The van der Waals surface area contributed by atoms with E-state index in [4.69, 9.17) is 9.47 Å². The molecular formula is C20H19F2NO5. The van der Waals surface area contributed by atoms with E-state index in [0.717, 1.165) is 0 Å². The van der Waals surface area contributed by atoms with Gasteiger partial charge in [0.15, 0.2) is 11.9 Å². The van der Waals surface area contributed by atoms with Crippen molar-refractivity contribution in [3.05, 3.63) is 48.0 Å². The Kier molecular flexibility index (Phi) is 5.77. The van der Waals surface area contributed by atoms with E-state index in [1.807, 2.05) is 0 Å². The maximum atomic E-state index is 12.8. The molecule has 2 aromatic rings. The molecule has 0 radical (unpaired) electrons. The predicted molar refractivity (Wildman–Crippen MR) is 97.5 cm³/mol. The van der Waals surface area contributed by atoms with Gasteiger partial charge in [0.1, 0.15) is 17.2 Å². The fraction of sp³-hybridized carbons (Fsp3) is 0.300. The van der Waals surface area contributed by atoms with E-state index in [-0.39, 0.29) is 29.5 Å². The van der Waals surface area contributed by atoms with Crippen LogP contribution in [0.5, 0.6) is 17.2 Å². The lowest BCUT2D eigenvalue weighted by atomic mass is 10.1. The van der Waals surface area contributed by atoms with Crippen molar-refractivity contribution >= 4 is 17.4 Å². The summed E-state index contributed by atoms with van der Waals surface area (Å²) in [5, 5.41) is 0. The van der Waals surface area contributed by atoms with Crippen molar-refractivity contribution < 1.29 is 32.6 Å². The predicted octanol–water partition coefficient (Wildman–Crippen LogP) is 3.68. The number of para-hydroxylation sites is 2. The topological polar surface area (TPSA) is 65.1 Å². The number of rotatable bonds is 7. The van der Waals surface area contributed by atoms with Gasteiger partial charge in [0, 0.05) is 19.0 Å². The third kappa shape index (κ3) is 4.05. The monoisotopic (exact) mass is 391 g/mol. The molecule has 1 aliphatic heterocycles. The molecule has 0 saturated carbocycles.